The second kappa shape index (κ2) is 6.23. The van der Waals surface area contributed by atoms with Gasteiger partial charge < -0.3 is 14.8 Å². The number of fused-ring (bicyclic) bond motifs is 1. The van der Waals surface area contributed by atoms with E-state index >= 15 is 0 Å². The Kier molecular flexibility index (Phi) is 4.39. The van der Waals surface area contributed by atoms with Gasteiger partial charge in [0, 0.05) is 17.2 Å². The summed E-state index contributed by atoms with van der Waals surface area (Å²) in [6.45, 7) is 0.397. The second-order valence-electron chi connectivity index (χ2n) is 3.72. The van der Waals surface area contributed by atoms with Crippen molar-refractivity contribution in [1.82, 2.24) is 5.32 Å². The minimum absolute atomic E-state index is 0.170. The molecule has 0 aliphatic heterocycles. The Morgan fingerprint density at radius 1 is 1.53 bits per heavy atom. The van der Waals surface area contributed by atoms with E-state index in [9.17, 15) is 4.79 Å². The van der Waals surface area contributed by atoms with Crippen molar-refractivity contribution in [2.24, 2.45) is 0 Å². The second-order valence-corrected chi connectivity index (χ2v) is 4.80. The largest absolute Gasteiger partial charge is 0.467 e. The summed E-state index contributed by atoms with van der Waals surface area (Å²) in [7, 11) is 1.56. The van der Waals surface area contributed by atoms with E-state index in [0.717, 1.165) is 10.1 Å². The predicted molar refractivity (Wildman–Crippen MR) is 75.5 cm³/mol. The van der Waals surface area contributed by atoms with Gasteiger partial charge in [-0.1, -0.05) is 12.0 Å². The summed E-state index contributed by atoms with van der Waals surface area (Å²) in [5.41, 5.74) is 0. The molecule has 4 nitrogen and oxygen atoms in total. The van der Waals surface area contributed by atoms with Crippen LogP contribution < -0.4 is 10.1 Å². The monoisotopic (exact) mass is 275 g/mol. The number of carbonyl (C=O) groups excluding carboxylic acids is 1. The summed E-state index contributed by atoms with van der Waals surface area (Å²) < 4.78 is 11.3. The molecule has 0 bridgehead atoms. The number of hydrogen-bond acceptors (Lipinski definition) is 4. The van der Waals surface area contributed by atoms with Crippen LogP contribution in [-0.2, 0) is 4.74 Å². The molecule has 1 aromatic carbocycles. The fraction of sp³-hybridized carbons (Fsp3) is 0.214. The number of rotatable bonds is 5. The standard InChI is InChI=1S/C14H13NO3S/c1-3-7-15-14(16)13-8-10-11(18-9-17-2)5-4-6-12(10)19-13/h1,4-6,8H,7,9H2,2H3,(H,15,16). The van der Waals surface area contributed by atoms with Crippen LogP contribution in [0.15, 0.2) is 24.3 Å². The lowest BCUT2D eigenvalue weighted by Gasteiger charge is -2.04. The number of amides is 1. The van der Waals surface area contributed by atoms with Gasteiger partial charge in [-0.05, 0) is 18.2 Å². The molecule has 0 saturated heterocycles. The summed E-state index contributed by atoms with van der Waals surface area (Å²) >= 11 is 1.40. The van der Waals surface area contributed by atoms with E-state index in [4.69, 9.17) is 15.9 Å². The molecule has 0 unspecified atom stereocenters. The lowest BCUT2D eigenvalue weighted by atomic mass is 10.2. The van der Waals surface area contributed by atoms with Crippen LogP contribution in [0, 0.1) is 12.3 Å². The van der Waals surface area contributed by atoms with Crippen molar-refractivity contribution < 1.29 is 14.3 Å². The van der Waals surface area contributed by atoms with Crippen molar-refractivity contribution in [2.75, 3.05) is 20.4 Å². The van der Waals surface area contributed by atoms with Gasteiger partial charge in [-0.3, -0.25) is 4.79 Å². The molecule has 0 atom stereocenters. The molecule has 0 aliphatic rings. The number of terminal acetylenes is 1. The van der Waals surface area contributed by atoms with Crippen molar-refractivity contribution in [2.45, 2.75) is 0 Å². The zero-order valence-corrected chi connectivity index (χ0v) is 11.3. The van der Waals surface area contributed by atoms with Crippen LogP contribution in [0.4, 0.5) is 0 Å². The third-order valence-electron chi connectivity index (χ3n) is 2.43. The van der Waals surface area contributed by atoms with Gasteiger partial charge in [0.05, 0.1) is 11.4 Å². The van der Waals surface area contributed by atoms with E-state index in [1.54, 1.807) is 13.2 Å². The number of thiophene rings is 1. The predicted octanol–water partition coefficient (Wildman–Crippen LogP) is 2.25. The Labute approximate surface area is 115 Å². The van der Waals surface area contributed by atoms with E-state index < -0.39 is 0 Å². The van der Waals surface area contributed by atoms with Crippen molar-refractivity contribution in [1.29, 1.82) is 0 Å². The lowest BCUT2D eigenvalue weighted by molar-refractivity contribution is 0.0522. The summed E-state index contributed by atoms with van der Waals surface area (Å²) in [5, 5.41) is 3.54. The highest BCUT2D eigenvalue weighted by molar-refractivity contribution is 7.20. The Bertz CT molecular complexity index is 627. The number of carbonyl (C=O) groups is 1. The van der Waals surface area contributed by atoms with Gasteiger partial charge in [0.1, 0.15) is 5.75 Å². The van der Waals surface area contributed by atoms with E-state index in [1.165, 1.54) is 11.3 Å². The highest BCUT2D eigenvalue weighted by atomic mass is 32.1. The molecule has 2 rings (SSSR count). The highest BCUT2D eigenvalue weighted by Crippen LogP contribution is 2.32. The van der Waals surface area contributed by atoms with E-state index in [0.29, 0.717) is 10.6 Å². The zero-order chi connectivity index (χ0) is 13.7. The van der Waals surface area contributed by atoms with Gasteiger partial charge in [0.2, 0.25) is 0 Å². The van der Waals surface area contributed by atoms with Crippen LogP contribution in [0.1, 0.15) is 9.67 Å². The van der Waals surface area contributed by atoms with Gasteiger partial charge in [-0.15, -0.1) is 17.8 Å². The average Bonchev–Trinajstić information content (AvgIpc) is 2.87. The summed E-state index contributed by atoms with van der Waals surface area (Å²) in [5.74, 6) is 2.90. The van der Waals surface area contributed by atoms with Gasteiger partial charge >= 0.3 is 0 Å². The molecular weight excluding hydrogens is 262 g/mol. The Hall–Kier alpha value is -2.03. The molecule has 1 heterocycles. The lowest BCUT2D eigenvalue weighted by Crippen LogP contribution is -2.22. The maximum Gasteiger partial charge on any atom is 0.262 e. The third-order valence-corrected chi connectivity index (χ3v) is 3.53. The minimum atomic E-state index is -0.170. The van der Waals surface area contributed by atoms with Gasteiger partial charge in [-0.25, -0.2) is 0 Å². The fourth-order valence-corrected chi connectivity index (χ4v) is 2.61. The molecule has 1 amide bonds. The van der Waals surface area contributed by atoms with E-state index in [2.05, 4.69) is 11.2 Å². The first-order chi connectivity index (χ1) is 9.26. The molecule has 5 heteroatoms. The summed E-state index contributed by atoms with van der Waals surface area (Å²) in [6, 6.07) is 7.47. The molecule has 0 aliphatic carbocycles. The molecule has 0 spiro atoms. The molecule has 1 N–H and O–H groups in total. The summed E-state index contributed by atoms with van der Waals surface area (Å²) in [4.78, 5) is 12.4. The molecule has 0 fully saturated rings. The van der Waals surface area contributed by atoms with Crippen LogP contribution in [0.2, 0.25) is 0 Å². The fourth-order valence-electron chi connectivity index (χ4n) is 1.61. The topological polar surface area (TPSA) is 47.6 Å². The maximum absolute atomic E-state index is 11.8. The van der Waals surface area contributed by atoms with Crippen molar-refractivity contribution in [3.8, 4) is 18.1 Å². The number of methoxy groups -OCH3 is 1. The smallest absolute Gasteiger partial charge is 0.262 e. The molecule has 0 radical (unpaired) electrons. The Balaban J connectivity index is 2.29. The van der Waals surface area contributed by atoms with Crippen molar-refractivity contribution in [3.63, 3.8) is 0 Å². The third kappa shape index (κ3) is 3.05. The molecule has 19 heavy (non-hydrogen) atoms. The van der Waals surface area contributed by atoms with E-state index in [1.807, 2.05) is 18.2 Å². The van der Waals surface area contributed by atoms with Crippen LogP contribution in [0.25, 0.3) is 10.1 Å². The molecule has 0 saturated carbocycles. The quantitative estimate of drug-likeness (QED) is 0.672. The van der Waals surface area contributed by atoms with Gasteiger partial charge in [-0.2, -0.15) is 0 Å². The maximum atomic E-state index is 11.8. The number of benzene rings is 1. The molecular formula is C14H13NO3S. The highest BCUT2D eigenvalue weighted by Gasteiger charge is 2.12. The Morgan fingerprint density at radius 2 is 2.37 bits per heavy atom. The first-order valence-electron chi connectivity index (χ1n) is 5.62. The van der Waals surface area contributed by atoms with Gasteiger partial charge in [0.25, 0.3) is 5.91 Å². The van der Waals surface area contributed by atoms with Crippen LogP contribution >= 0.6 is 11.3 Å². The molecule has 2 aromatic rings. The van der Waals surface area contributed by atoms with Crippen LogP contribution in [0.3, 0.4) is 0 Å². The van der Waals surface area contributed by atoms with Crippen molar-refractivity contribution >= 4 is 27.3 Å². The first kappa shape index (κ1) is 13.4. The SMILES string of the molecule is C#CCNC(=O)c1cc2c(OCOC)cccc2s1. The Morgan fingerprint density at radius 3 is 3.11 bits per heavy atom. The van der Waals surface area contributed by atoms with Crippen LogP contribution in [-0.4, -0.2) is 26.4 Å². The van der Waals surface area contributed by atoms with Crippen LogP contribution in [0.5, 0.6) is 5.75 Å². The summed E-state index contributed by atoms with van der Waals surface area (Å²) in [6.07, 6.45) is 5.11. The first-order valence-corrected chi connectivity index (χ1v) is 6.44. The number of nitrogens with one attached hydrogen (secondary N) is 1. The zero-order valence-electron chi connectivity index (χ0n) is 10.4. The number of hydrogen-bond donors (Lipinski definition) is 1. The van der Waals surface area contributed by atoms with E-state index in [-0.39, 0.29) is 19.2 Å². The minimum Gasteiger partial charge on any atom is -0.467 e. The van der Waals surface area contributed by atoms with Crippen molar-refractivity contribution in [3.05, 3.63) is 29.1 Å². The molecule has 98 valence electrons. The molecule has 1 aromatic heterocycles. The van der Waals surface area contributed by atoms with Gasteiger partial charge in [0.15, 0.2) is 6.79 Å². The average molecular weight is 275 g/mol. The normalized spacial score (nSPS) is 10.1. The number of ether oxygens (including phenoxy) is 2.